The van der Waals surface area contributed by atoms with Crippen molar-refractivity contribution >= 4 is 16.9 Å². The summed E-state index contributed by atoms with van der Waals surface area (Å²) in [5.74, 6) is 6.91. The molecule has 1 aromatic carbocycles. The number of thioether (sulfide) groups is 1. The Labute approximate surface area is 118 Å². The van der Waals surface area contributed by atoms with Crippen LogP contribution < -0.4 is 0 Å². The van der Waals surface area contributed by atoms with Crippen molar-refractivity contribution in [2.45, 2.75) is 31.6 Å². The maximum absolute atomic E-state index is 10.8. The first-order valence-corrected chi connectivity index (χ1v) is 7.29. The average Bonchev–Trinajstić information content (AvgIpc) is 3.19. The predicted molar refractivity (Wildman–Crippen MR) is 77.6 cm³/mol. The SMILES string of the molecule is CC(=O)SCCC#Cc1cccc(C2(C#N)CC2)c1. The molecule has 0 saturated heterocycles. The molecule has 0 amide bonds. The summed E-state index contributed by atoms with van der Waals surface area (Å²) in [6, 6.07) is 10.3. The van der Waals surface area contributed by atoms with Crippen molar-refractivity contribution < 1.29 is 4.79 Å². The highest BCUT2D eigenvalue weighted by atomic mass is 32.2. The van der Waals surface area contributed by atoms with Crippen LogP contribution >= 0.6 is 11.8 Å². The van der Waals surface area contributed by atoms with Crippen LogP contribution in [0.25, 0.3) is 0 Å². The van der Waals surface area contributed by atoms with Crippen LogP contribution in [0, 0.1) is 23.2 Å². The van der Waals surface area contributed by atoms with E-state index in [0.29, 0.717) is 6.42 Å². The van der Waals surface area contributed by atoms with Crippen molar-refractivity contribution in [3.8, 4) is 17.9 Å². The molecule has 3 heteroatoms. The molecule has 96 valence electrons. The van der Waals surface area contributed by atoms with E-state index in [1.54, 1.807) is 6.92 Å². The normalized spacial score (nSPS) is 14.9. The molecule has 0 spiro atoms. The van der Waals surface area contributed by atoms with E-state index in [0.717, 1.165) is 29.7 Å². The van der Waals surface area contributed by atoms with Gasteiger partial charge in [-0.05, 0) is 30.5 Å². The fourth-order valence-electron chi connectivity index (χ4n) is 1.90. The second-order valence-corrected chi connectivity index (χ2v) is 5.94. The predicted octanol–water partition coefficient (Wildman–Crippen LogP) is 3.26. The van der Waals surface area contributed by atoms with Gasteiger partial charge < -0.3 is 0 Å². The lowest BCUT2D eigenvalue weighted by Gasteiger charge is -2.05. The van der Waals surface area contributed by atoms with E-state index in [-0.39, 0.29) is 10.5 Å². The maximum atomic E-state index is 10.8. The number of benzene rings is 1. The first-order chi connectivity index (χ1) is 9.16. The van der Waals surface area contributed by atoms with Crippen molar-refractivity contribution in [2.75, 3.05) is 5.75 Å². The van der Waals surface area contributed by atoms with E-state index in [9.17, 15) is 10.1 Å². The summed E-state index contributed by atoms with van der Waals surface area (Å²) >= 11 is 1.30. The molecule has 0 aromatic heterocycles. The summed E-state index contributed by atoms with van der Waals surface area (Å²) in [6.07, 6.45) is 2.61. The van der Waals surface area contributed by atoms with Gasteiger partial charge >= 0.3 is 0 Å². The summed E-state index contributed by atoms with van der Waals surface area (Å²) in [5, 5.41) is 9.31. The molecule has 1 aliphatic carbocycles. The Balaban J connectivity index is 1.99. The van der Waals surface area contributed by atoms with Crippen LogP contribution in [0.4, 0.5) is 0 Å². The lowest BCUT2D eigenvalue weighted by Crippen LogP contribution is -2.02. The Morgan fingerprint density at radius 2 is 2.26 bits per heavy atom. The van der Waals surface area contributed by atoms with E-state index in [2.05, 4.69) is 17.9 Å². The summed E-state index contributed by atoms with van der Waals surface area (Å²) in [5.41, 5.74) is 1.79. The van der Waals surface area contributed by atoms with Crippen LogP contribution in [0.15, 0.2) is 24.3 Å². The van der Waals surface area contributed by atoms with E-state index >= 15 is 0 Å². The largest absolute Gasteiger partial charge is 0.288 e. The van der Waals surface area contributed by atoms with Crippen LogP contribution in [0.3, 0.4) is 0 Å². The Hall–Kier alpha value is -1.71. The summed E-state index contributed by atoms with van der Waals surface area (Å²) in [4.78, 5) is 10.8. The number of hydrogen-bond acceptors (Lipinski definition) is 3. The highest BCUT2D eigenvalue weighted by Crippen LogP contribution is 2.47. The van der Waals surface area contributed by atoms with E-state index in [4.69, 9.17) is 0 Å². The Morgan fingerprint density at radius 3 is 2.89 bits per heavy atom. The van der Waals surface area contributed by atoms with Gasteiger partial charge in [0.05, 0.1) is 11.5 Å². The smallest absolute Gasteiger partial charge is 0.185 e. The minimum atomic E-state index is -0.248. The van der Waals surface area contributed by atoms with E-state index in [1.807, 2.05) is 24.3 Å². The quantitative estimate of drug-likeness (QED) is 0.624. The molecule has 0 radical (unpaired) electrons. The van der Waals surface area contributed by atoms with Gasteiger partial charge in [-0.3, -0.25) is 4.79 Å². The van der Waals surface area contributed by atoms with Gasteiger partial charge in [-0.25, -0.2) is 0 Å². The minimum Gasteiger partial charge on any atom is -0.288 e. The number of hydrogen-bond donors (Lipinski definition) is 0. The fourth-order valence-corrected chi connectivity index (χ4v) is 2.39. The average molecular weight is 269 g/mol. The van der Waals surface area contributed by atoms with Gasteiger partial charge in [0.1, 0.15) is 0 Å². The van der Waals surface area contributed by atoms with Crippen LogP contribution in [-0.4, -0.2) is 10.9 Å². The third-order valence-electron chi connectivity index (χ3n) is 3.14. The van der Waals surface area contributed by atoms with E-state index < -0.39 is 0 Å². The Morgan fingerprint density at radius 1 is 1.47 bits per heavy atom. The van der Waals surface area contributed by atoms with Crippen molar-refractivity contribution in [1.82, 2.24) is 0 Å². The van der Waals surface area contributed by atoms with Crippen LogP contribution in [0.5, 0.6) is 0 Å². The van der Waals surface area contributed by atoms with Crippen molar-refractivity contribution in [3.05, 3.63) is 35.4 Å². The molecule has 2 nitrogen and oxygen atoms in total. The standard InChI is InChI=1S/C16H15NOS/c1-13(18)19-10-3-2-5-14-6-4-7-15(11-14)16(12-17)8-9-16/h4,6-7,11H,3,8-10H2,1H3. The molecule has 1 aliphatic rings. The van der Waals surface area contributed by atoms with Gasteiger partial charge in [-0.1, -0.05) is 35.7 Å². The lowest BCUT2D eigenvalue weighted by molar-refractivity contribution is -0.109. The fraction of sp³-hybridized carbons (Fsp3) is 0.375. The maximum Gasteiger partial charge on any atom is 0.185 e. The van der Waals surface area contributed by atoms with Crippen molar-refractivity contribution in [2.24, 2.45) is 0 Å². The molecule has 0 bridgehead atoms. The lowest BCUT2D eigenvalue weighted by atomic mass is 9.96. The zero-order valence-electron chi connectivity index (χ0n) is 10.9. The summed E-state index contributed by atoms with van der Waals surface area (Å²) in [7, 11) is 0. The first-order valence-electron chi connectivity index (χ1n) is 6.30. The number of nitrogens with zero attached hydrogens (tertiary/aromatic N) is 1. The molecule has 1 saturated carbocycles. The zero-order chi connectivity index (χ0) is 13.7. The zero-order valence-corrected chi connectivity index (χ0v) is 11.7. The van der Waals surface area contributed by atoms with E-state index in [1.165, 1.54) is 11.8 Å². The molecule has 0 unspecified atom stereocenters. The topological polar surface area (TPSA) is 40.9 Å². The van der Waals surface area contributed by atoms with Gasteiger partial charge in [0, 0.05) is 24.7 Å². The van der Waals surface area contributed by atoms with Gasteiger partial charge in [-0.2, -0.15) is 5.26 Å². The molecular formula is C16H15NOS. The molecule has 0 heterocycles. The van der Waals surface area contributed by atoms with Crippen molar-refractivity contribution in [1.29, 1.82) is 5.26 Å². The molecule has 0 N–H and O–H groups in total. The Bertz CT molecular complexity index is 585. The van der Waals surface area contributed by atoms with Crippen molar-refractivity contribution in [3.63, 3.8) is 0 Å². The van der Waals surface area contributed by atoms with Crippen LogP contribution in [0.2, 0.25) is 0 Å². The monoisotopic (exact) mass is 269 g/mol. The van der Waals surface area contributed by atoms with Gasteiger partial charge in [0.2, 0.25) is 0 Å². The summed E-state index contributed by atoms with van der Waals surface area (Å²) in [6.45, 7) is 1.57. The molecule has 0 atom stereocenters. The van der Waals surface area contributed by atoms with Crippen LogP contribution in [0.1, 0.15) is 37.3 Å². The molecule has 1 aromatic rings. The third-order valence-corrected chi connectivity index (χ3v) is 3.96. The second kappa shape index (κ2) is 5.95. The molecule has 1 fully saturated rings. The first kappa shape index (κ1) is 13.7. The molecule has 0 aliphatic heterocycles. The minimum absolute atomic E-state index is 0.133. The highest BCUT2D eigenvalue weighted by Gasteiger charge is 2.44. The number of carbonyl (C=O) groups excluding carboxylic acids is 1. The van der Waals surface area contributed by atoms with Gasteiger partial charge in [-0.15, -0.1) is 0 Å². The number of rotatable bonds is 3. The number of carbonyl (C=O) groups is 1. The van der Waals surface area contributed by atoms with Crippen LogP contribution in [-0.2, 0) is 10.2 Å². The highest BCUT2D eigenvalue weighted by molar-refractivity contribution is 8.13. The third kappa shape index (κ3) is 3.63. The molecular weight excluding hydrogens is 254 g/mol. The molecule has 2 rings (SSSR count). The van der Waals surface area contributed by atoms with Gasteiger partial charge in [0.25, 0.3) is 0 Å². The van der Waals surface area contributed by atoms with Gasteiger partial charge in [0.15, 0.2) is 5.12 Å². The molecule has 19 heavy (non-hydrogen) atoms. The number of nitriles is 1. The second-order valence-electron chi connectivity index (χ2n) is 4.67. The summed E-state index contributed by atoms with van der Waals surface area (Å²) < 4.78 is 0. The Kier molecular flexibility index (Phi) is 4.30.